The predicted molar refractivity (Wildman–Crippen MR) is 54.2 cm³/mol. The summed E-state index contributed by atoms with van der Waals surface area (Å²) in [5.41, 5.74) is 0. The van der Waals surface area contributed by atoms with E-state index in [0.29, 0.717) is 13.1 Å². The van der Waals surface area contributed by atoms with Gasteiger partial charge in [0.15, 0.2) is 0 Å². The van der Waals surface area contributed by atoms with Gasteiger partial charge in [0.2, 0.25) is 5.91 Å². The second kappa shape index (κ2) is 4.45. The minimum atomic E-state index is -0.363. The first kappa shape index (κ1) is 10.3. The fraction of sp³-hybridized carbons (Fsp3) is 0.429. The Hall–Kier alpha value is -0.790. The van der Waals surface area contributed by atoms with E-state index in [0.717, 1.165) is 0 Å². The number of cyclic esters (lactones) is 1. The van der Waals surface area contributed by atoms with Crippen molar-refractivity contribution in [2.45, 2.75) is 6.10 Å². The van der Waals surface area contributed by atoms with E-state index in [4.69, 9.17) is 4.74 Å². The molecule has 0 spiro atoms. The van der Waals surface area contributed by atoms with Gasteiger partial charge in [-0.2, -0.15) is 0 Å². The molecule has 1 atom stereocenters. The minimum absolute atomic E-state index is 0.256. The maximum absolute atomic E-state index is 10.9. The van der Waals surface area contributed by atoms with Crippen molar-refractivity contribution in [3.05, 3.63) is 12.7 Å². The summed E-state index contributed by atoms with van der Waals surface area (Å²) in [7, 11) is 0. The number of hydrogen-bond donors (Lipinski definition) is 1. The lowest BCUT2D eigenvalue weighted by molar-refractivity contribution is -0.116. The maximum Gasteiger partial charge on any atom is 0.419 e. The molecule has 1 heterocycles. The van der Waals surface area contributed by atoms with Gasteiger partial charge in [-0.25, -0.2) is 7.91 Å². The van der Waals surface area contributed by atoms with Crippen LogP contribution in [0.1, 0.15) is 0 Å². The van der Waals surface area contributed by atoms with Crippen LogP contribution >= 0.6 is 22.9 Å². The second-order valence-corrected chi connectivity index (χ2v) is 3.66. The summed E-state index contributed by atoms with van der Waals surface area (Å²) in [5.74, 6) is -0.261. The summed E-state index contributed by atoms with van der Waals surface area (Å²) < 4.78 is 6.33. The van der Waals surface area contributed by atoms with Crippen LogP contribution in [0.5, 0.6) is 0 Å². The van der Waals surface area contributed by atoms with Crippen molar-refractivity contribution < 1.29 is 14.3 Å². The number of carbonyl (C=O) groups is 2. The molecular formula is C7H9IN2O3. The minimum Gasteiger partial charge on any atom is -0.442 e. The standard InChI is InChI=1S/C7H9IN2O3/c1-2-6(11)9-3-5-4-10(8)7(12)13-5/h2,5H,1,3-4H2,(H,9,11). The van der Waals surface area contributed by atoms with Gasteiger partial charge < -0.3 is 10.1 Å². The van der Waals surface area contributed by atoms with Gasteiger partial charge in [-0.05, 0) is 6.08 Å². The number of nitrogens with zero attached hydrogens (tertiary/aromatic N) is 1. The Morgan fingerprint density at radius 3 is 3.08 bits per heavy atom. The molecule has 0 aromatic carbocycles. The summed E-state index contributed by atoms with van der Waals surface area (Å²) in [6.07, 6.45) is 0.560. The van der Waals surface area contributed by atoms with Crippen molar-refractivity contribution in [2.24, 2.45) is 0 Å². The Labute approximate surface area is 89.6 Å². The van der Waals surface area contributed by atoms with Crippen molar-refractivity contribution in [3.8, 4) is 0 Å². The van der Waals surface area contributed by atoms with Crippen molar-refractivity contribution in [2.75, 3.05) is 13.1 Å². The van der Waals surface area contributed by atoms with Gasteiger partial charge >= 0.3 is 6.09 Å². The Kier molecular flexibility index (Phi) is 3.52. The first-order chi connectivity index (χ1) is 6.13. The number of hydrogen-bond acceptors (Lipinski definition) is 3. The molecule has 1 aliphatic heterocycles. The number of carbonyl (C=O) groups excluding carboxylic acids is 2. The summed E-state index contributed by atoms with van der Waals surface area (Å²) >= 11 is 1.87. The molecule has 1 unspecified atom stereocenters. The van der Waals surface area contributed by atoms with Gasteiger partial charge in [-0.1, -0.05) is 6.58 Å². The van der Waals surface area contributed by atoms with Gasteiger partial charge in [0.25, 0.3) is 0 Å². The zero-order valence-electron chi connectivity index (χ0n) is 6.83. The monoisotopic (exact) mass is 296 g/mol. The number of rotatable bonds is 3. The fourth-order valence-corrected chi connectivity index (χ4v) is 1.44. The zero-order valence-corrected chi connectivity index (χ0v) is 8.98. The normalized spacial score (nSPS) is 21.2. The molecule has 0 aliphatic carbocycles. The molecule has 0 aromatic rings. The van der Waals surface area contributed by atoms with E-state index >= 15 is 0 Å². The van der Waals surface area contributed by atoms with Crippen LogP contribution < -0.4 is 5.32 Å². The predicted octanol–water partition coefficient (Wildman–Crippen LogP) is 0.459. The third-order valence-electron chi connectivity index (χ3n) is 1.52. The SMILES string of the molecule is C=CC(=O)NCC1CN(I)C(=O)O1. The average Bonchev–Trinajstić information content (AvgIpc) is 2.42. The van der Waals surface area contributed by atoms with E-state index in [1.54, 1.807) is 0 Å². The third-order valence-corrected chi connectivity index (χ3v) is 2.31. The van der Waals surface area contributed by atoms with Crippen molar-refractivity contribution in [1.29, 1.82) is 0 Å². The third kappa shape index (κ3) is 2.87. The number of amides is 2. The Morgan fingerprint density at radius 1 is 1.92 bits per heavy atom. The van der Waals surface area contributed by atoms with Crippen molar-refractivity contribution in [1.82, 2.24) is 8.43 Å². The Morgan fingerprint density at radius 2 is 2.62 bits per heavy atom. The van der Waals surface area contributed by atoms with Crippen LogP contribution in [0.4, 0.5) is 4.79 Å². The highest BCUT2D eigenvalue weighted by atomic mass is 127. The van der Waals surface area contributed by atoms with Crippen LogP contribution in [0.25, 0.3) is 0 Å². The molecule has 0 aromatic heterocycles. The molecule has 1 saturated heterocycles. The lowest BCUT2D eigenvalue weighted by Gasteiger charge is -2.07. The van der Waals surface area contributed by atoms with Crippen LogP contribution in [0.15, 0.2) is 12.7 Å². The molecule has 5 nitrogen and oxygen atoms in total. The Bertz CT molecular complexity index is 244. The molecule has 13 heavy (non-hydrogen) atoms. The van der Waals surface area contributed by atoms with Gasteiger partial charge in [0.05, 0.1) is 36.0 Å². The average molecular weight is 296 g/mol. The summed E-state index contributed by atoms with van der Waals surface area (Å²) in [4.78, 5) is 21.6. The van der Waals surface area contributed by atoms with E-state index < -0.39 is 0 Å². The first-order valence-electron chi connectivity index (χ1n) is 3.67. The van der Waals surface area contributed by atoms with Crippen LogP contribution in [-0.2, 0) is 9.53 Å². The molecule has 1 rings (SSSR count). The van der Waals surface area contributed by atoms with Gasteiger partial charge in [-0.15, -0.1) is 0 Å². The lowest BCUT2D eigenvalue weighted by Crippen LogP contribution is -2.32. The number of halogens is 1. The van der Waals surface area contributed by atoms with Gasteiger partial charge in [0, 0.05) is 0 Å². The highest BCUT2D eigenvalue weighted by molar-refractivity contribution is 14.1. The van der Waals surface area contributed by atoms with Crippen LogP contribution in [0.3, 0.4) is 0 Å². The topological polar surface area (TPSA) is 58.6 Å². The van der Waals surface area contributed by atoms with Gasteiger partial charge in [0.1, 0.15) is 6.10 Å². The largest absolute Gasteiger partial charge is 0.442 e. The van der Waals surface area contributed by atoms with Crippen LogP contribution in [0.2, 0.25) is 0 Å². The molecule has 72 valence electrons. The molecular weight excluding hydrogens is 287 g/mol. The van der Waals surface area contributed by atoms with Crippen molar-refractivity contribution >= 4 is 34.9 Å². The molecule has 1 N–H and O–H groups in total. The number of nitrogens with one attached hydrogen (secondary N) is 1. The highest BCUT2D eigenvalue weighted by Gasteiger charge is 2.29. The van der Waals surface area contributed by atoms with E-state index in [1.807, 2.05) is 22.9 Å². The molecule has 0 bridgehead atoms. The van der Waals surface area contributed by atoms with E-state index in [-0.39, 0.29) is 18.1 Å². The summed E-state index contributed by atoms with van der Waals surface area (Å²) in [6, 6.07) is 0. The Balaban J connectivity index is 2.28. The lowest BCUT2D eigenvalue weighted by atomic mass is 10.3. The fourth-order valence-electron chi connectivity index (χ4n) is 0.883. The quantitative estimate of drug-likeness (QED) is 0.467. The molecule has 6 heteroatoms. The summed E-state index contributed by atoms with van der Waals surface area (Å²) in [5, 5.41) is 2.55. The highest BCUT2D eigenvalue weighted by Crippen LogP contribution is 2.14. The zero-order chi connectivity index (χ0) is 9.84. The first-order valence-corrected chi connectivity index (χ1v) is 4.64. The maximum atomic E-state index is 10.9. The van der Waals surface area contributed by atoms with E-state index in [2.05, 4.69) is 11.9 Å². The molecule has 0 saturated carbocycles. The van der Waals surface area contributed by atoms with E-state index in [9.17, 15) is 9.59 Å². The molecule has 0 radical (unpaired) electrons. The summed E-state index contributed by atoms with van der Waals surface area (Å²) in [6.45, 7) is 4.13. The van der Waals surface area contributed by atoms with Crippen molar-refractivity contribution in [3.63, 3.8) is 0 Å². The second-order valence-electron chi connectivity index (χ2n) is 2.50. The molecule has 1 fully saturated rings. The van der Waals surface area contributed by atoms with Crippen LogP contribution in [-0.4, -0.2) is 34.3 Å². The molecule has 2 amide bonds. The van der Waals surface area contributed by atoms with Crippen LogP contribution in [0, 0.1) is 0 Å². The smallest absolute Gasteiger partial charge is 0.419 e. The van der Waals surface area contributed by atoms with Gasteiger partial charge in [-0.3, -0.25) is 4.79 Å². The van der Waals surface area contributed by atoms with E-state index in [1.165, 1.54) is 9.19 Å². The number of ether oxygens (including phenoxy) is 1. The molecule has 1 aliphatic rings.